The molecule has 0 aliphatic rings. The minimum Gasteiger partial charge on any atom is -0.494 e. The van der Waals surface area contributed by atoms with Crippen LogP contribution < -0.4 is 10.1 Å². The van der Waals surface area contributed by atoms with Crippen molar-refractivity contribution in [2.45, 2.75) is 12.8 Å². The van der Waals surface area contributed by atoms with Crippen molar-refractivity contribution in [1.82, 2.24) is 5.32 Å². The zero-order chi connectivity index (χ0) is 18.1. The molecule has 0 aliphatic carbocycles. The standard InChI is InChI=1S/C19H20FNO4/c1-24-17-8-7-15(11-16(17)20)12-19(23)25-13-18(22)21-10-9-14-5-3-2-4-6-14/h2-8,11H,9-10,12-13H2,1H3,(H,21,22). The number of methoxy groups -OCH3 is 1. The predicted molar refractivity (Wildman–Crippen MR) is 90.8 cm³/mol. The molecule has 2 rings (SSSR count). The molecular weight excluding hydrogens is 325 g/mol. The molecule has 0 aliphatic heterocycles. The fourth-order valence-corrected chi connectivity index (χ4v) is 2.23. The van der Waals surface area contributed by atoms with Crippen molar-refractivity contribution in [3.05, 3.63) is 65.5 Å². The maximum atomic E-state index is 13.6. The fraction of sp³-hybridized carbons (Fsp3) is 0.263. The van der Waals surface area contributed by atoms with Crippen LogP contribution in [0.4, 0.5) is 4.39 Å². The number of carbonyl (C=O) groups is 2. The third kappa shape index (κ3) is 6.25. The molecular formula is C19H20FNO4. The first-order valence-corrected chi connectivity index (χ1v) is 7.87. The van der Waals surface area contributed by atoms with Crippen LogP contribution in [-0.2, 0) is 27.2 Å². The number of carbonyl (C=O) groups excluding carboxylic acids is 2. The minimum atomic E-state index is -0.595. The first-order chi connectivity index (χ1) is 12.1. The summed E-state index contributed by atoms with van der Waals surface area (Å²) in [6, 6.07) is 14.0. The molecule has 0 saturated heterocycles. The smallest absolute Gasteiger partial charge is 0.310 e. The number of halogens is 1. The minimum absolute atomic E-state index is 0.106. The molecule has 1 N–H and O–H groups in total. The normalized spacial score (nSPS) is 10.2. The molecule has 0 spiro atoms. The van der Waals surface area contributed by atoms with Gasteiger partial charge in [0.05, 0.1) is 13.5 Å². The summed E-state index contributed by atoms with van der Waals surface area (Å²) in [5, 5.41) is 2.68. The average Bonchev–Trinajstić information content (AvgIpc) is 2.61. The van der Waals surface area contributed by atoms with Gasteiger partial charge in [0.1, 0.15) is 0 Å². The van der Waals surface area contributed by atoms with Crippen LogP contribution in [0.5, 0.6) is 5.75 Å². The van der Waals surface area contributed by atoms with Crippen molar-refractivity contribution in [1.29, 1.82) is 0 Å². The molecule has 0 radical (unpaired) electrons. The van der Waals surface area contributed by atoms with E-state index in [0.29, 0.717) is 18.5 Å². The van der Waals surface area contributed by atoms with Gasteiger partial charge in [0.2, 0.25) is 0 Å². The summed E-state index contributed by atoms with van der Waals surface area (Å²) in [4.78, 5) is 23.4. The van der Waals surface area contributed by atoms with Crippen molar-refractivity contribution in [2.75, 3.05) is 20.3 Å². The van der Waals surface area contributed by atoms with Crippen molar-refractivity contribution in [3.63, 3.8) is 0 Å². The molecule has 0 atom stereocenters. The summed E-state index contributed by atoms with van der Waals surface area (Å²) >= 11 is 0. The first-order valence-electron chi connectivity index (χ1n) is 7.87. The maximum absolute atomic E-state index is 13.6. The molecule has 25 heavy (non-hydrogen) atoms. The lowest BCUT2D eigenvalue weighted by molar-refractivity contribution is -0.147. The van der Waals surface area contributed by atoms with Crippen LogP contribution in [0.3, 0.4) is 0 Å². The Balaban J connectivity index is 1.68. The second-order valence-corrected chi connectivity index (χ2v) is 5.39. The van der Waals surface area contributed by atoms with Crippen molar-refractivity contribution in [3.8, 4) is 5.75 Å². The van der Waals surface area contributed by atoms with Crippen LogP contribution in [0.15, 0.2) is 48.5 Å². The zero-order valence-electron chi connectivity index (χ0n) is 14.0. The van der Waals surface area contributed by atoms with Crippen molar-refractivity contribution in [2.24, 2.45) is 0 Å². The third-order valence-electron chi connectivity index (χ3n) is 3.51. The van der Waals surface area contributed by atoms with Crippen LogP contribution in [0.2, 0.25) is 0 Å². The Morgan fingerprint density at radius 1 is 1.08 bits per heavy atom. The fourth-order valence-electron chi connectivity index (χ4n) is 2.23. The van der Waals surface area contributed by atoms with Gasteiger partial charge in [-0.3, -0.25) is 9.59 Å². The van der Waals surface area contributed by atoms with E-state index in [2.05, 4.69) is 5.32 Å². The number of ether oxygens (including phenoxy) is 2. The number of hydrogen-bond donors (Lipinski definition) is 1. The summed E-state index contributed by atoms with van der Waals surface area (Å²) in [7, 11) is 1.36. The van der Waals surface area contributed by atoms with E-state index in [1.54, 1.807) is 6.07 Å². The van der Waals surface area contributed by atoms with Gasteiger partial charge in [-0.15, -0.1) is 0 Å². The monoisotopic (exact) mass is 345 g/mol. The van der Waals surface area contributed by atoms with Gasteiger partial charge >= 0.3 is 5.97 Å². The maximum Gasteiger partial charge on any atom is 0.310 e. The van der Waals surface area contributed by atoms with Gasteiger partial charge < -0.3 is 14.8 Å². The Morgan fingerprint density at radius 3 is 2.52 bits per heavy atom. The lowest BCUT2D eigenvalue weighted by atomic mass is 10.1. The zero-order valence-corrected chi connectivity index (χ0v) is 14.0. The van der Waals surface area contributed by atoms with Crippen molar-refractivity contribution >= 4 is 11.9 Å². The van der Waals surface area contributed by atoms with E-state index in [1.165, 1.54) is 19.2 Å². The quantitative estimate of drug-likeness (QED) is 0.746. The highest BCUT2D eigenvalue weighted by Gasteiger charge is 2.10. The lowest BCUT2D eigenvalue weighted by Crippen LogP contribution is -2.30. The highest BCUT2D eigenvalue weighted by molar-refractivity contribution is 5.81. The molecule has 0 heterocycles. The Kier molecular flexibility index (Phi) is 6.95. The molecule has 1 amide bonds. The summed E-state index contributed by atoms with van der Waals surface area (Å²) in [5.41, 5.74) is 1.56. The molecule has 2 aromatic carbocycles. The Hall–Kier alpha value is -2.89. The van der Waals surface area contributed by atoms with Crippen LogP contribution in [0.25, 0.3) is 0 Å². The van der Waals surface area contributed by atoms with E-state index < -0.39 is 11.8 Å². The van der Waals surface area contributed by atoms with Crippen LogP contribution >= 0.6 is 0 Å². The summed E-state index contributed by atoms with van der Waals surface area (Å²) < 4.78 is 23.3. The van der Waals surface area contributed by atoms with Gasteiger partial charge in [0, 0.05) is 6.54 Å². The van der Waals surface area contributed by atoms with E-state index in [1.807, 2.05) is 30.3 Å². The number of amides is 1. The van der Waals surface area contributed by atoms with Crippen LogP contribution in [0.1, 0.15) is 11.1 Å². The molecule has 5 nitrogen and oxygen atoms in total. The van der Waals surface area contributed by atoms with Crippen LogP contribution in [-0.4, -0.2) is 32.1 Å². The lowest BCUT2D eigenvalue weighted by Gasteiger charge is -2.08. The molecule has 6 heteroatoms. The van der Waals surface area contributed by atoms with Gasteiger partial charge in [-0.2, -0.15) is 0 Å². The Bertz CT molecular complexity index is 719. The first kappa shape index (κ1) is 18.4. The molecule has 0 unspecified atom stereocenters. The molecule has 132 valence electrons. The molecule has 0 bridgehead atoms. The molecule has 2 aromatic rings. The van der Waals surface area contributed by atoms with Gasteiger partial charge in [-0.1, -0.05) is 36.4 Å². The highest BCUT2D eigenvalue weighted by Crippen LogP contribution is 2.18. The summed E-state index contributed by atoms with van der Waals surface area (Å²) in [6.07, 6.45) is 0.587. The van der Waals surface area contributed by atoms with Gasteiger partial charge in [0.15, 0.2) is 18.2 Å². The SMILES string of the molecule is COc1ccc(CC(=O)OCC(=O)NCCc2ccccc2)cc1F. The van der Waals surface area contributed by atoms with Gasteiger partial charge in [-0.05, 0) is 29.7 Å². The van der Waals surface area contributed by atoms with Gasteiger partial charge in [-0.25, -0.2) is 4.39 Å². The molecule has 0 saturated carbocycles. The largest absolute Gasteiger partial charge is 0.494 e. The van der Waals surface area contributed by atoms with E-state index in [-0.39, 0.29) is 24.7 Å². The predicted octanol–water partition coefficient (Wildman–Crippen LogP) is 2.28. The average molecular weight is 345 g/mol. The van der Waals surface area contributed by atoms with E-state index in [9.17, 15) is 14.0 Å². The summed E-state index contributed by atoms with van der Waals surface area (Å²) in [6.45, 7) is 0.107. The number of benzene rings is 2. The second kappa shape index (κ2) is 9.42. The number of rotatable bonds is 8. The summed E-state index contributed by atoms with van der Waals surface area (Å²) in [5.74, 6) is -1.41. The highest BCUT2D eigenvalue weighted by atomic mass is 19.1. The van der Waals surface area contributed by atoms with Crippen molar-refractivity contribution < 1.29 is 23.5 Å². The Morgan fingerprint density at radius 2 is 1.84 bits per heavy atom. The van der Waals surface area contributed by atoms with E-state index in [0.717, 1.165) is 5.56 Å². The number of esters is 1. The van der Waals surface area contributed by atoms with Crippen LogP contribution in [0, 0.1) is 5.82 Å². The topological polar surface area (TPSA) is 64.6 Å². The van der Waals surface area contributed by atoms with E-state index >= 15 is 0 Å². The van der Waals surface area contributed by atoms with E-state index in [4.69, 9.17) is 9.47 Å². The molecule has 0 fully saturated rings. The van der Waals surface area contributed by atoms with Gasteiger partial charge in [0.25, 0.3) is 5.91 Å². The molecule has 0 aromatic heterocycles. The Labute approximate surface area is 145 Å². The number of nitrogens with one attached hydrogen (secondary N) is 1. The second-order valence-electron chi connectivity index (χ2n) is 5.39. The third-order valence-corrected chi connectivity index (χ3v) is 3.51. The number of hydrogen-bond acceptors (Lipinski definition) is 4.